The van der Waals surface area contributed by atoms with Crippen LogP contribution in [0, 0.1) is 16.0 Å². The molecule has 1 saturated heterocycles. The van der Waals surface area contributed by atoms with Gasteiger partial charge in [0.25, 0.3) is 5.09 Å². The Balaban J connectivity index is 1.67. The zero-order chi connectivity index (χ0) is 31.5. The van der Waals surface area contributed by atoms with Gasteiger partial charge in [0, 0.05) is 38.0 Å². The van der Waals surface area contributed by atoms with Crippen LogP contribution in [0.4, 0.5) is 0 Å². The molecule has 0 radical (unpaired) electrons. The van der Waals surface area contributed by atoms with Crippen molar-refractivity contribution in [1.29, 1.82) is 0 Å². The Morgan fingerprint density at radius 3 is 2.32 bits per heavy atom. The van der Waals surface area contributed by atoms with Crippen molar-refractivity contribution < 1.29 is 38.5 Å². The minimum Gasteiger partial charge on any atom is -0.497 e. The average molecular weight is 614 g/mol. The number of carbonyl (C=O) groups is 2. The summed E-state index contributed by atoms with van der Waals surface area (Å²) >= 11 is 0. The van der Waals surface area contributed by atoms with Crippen molar-refractivity contribution >= 4 is 11.9 Å². The molecule has 1 fully saturated rings. The zero-order valence-electron chi connectivity index (χ0n) is 25.8. The topological polar surface area (TPSA) is 130 Å². The second kappa shape index (κ2) is 16.1. The summed E-state index contributed by atoms with van der Waals surface area (Å²) in [7, 11) is 1.59. The lowest BCUT2D eigenvalue weighted by Crippen LogP contribution is -2.42. The first kappa shape index (κ1) is 32.8. The van der Waals surface area contributed by atoms with Crippen LogP contribution in [0.25, 0.3) is 0 Å². The van der Waals surface area contributed by atoms with Crippen LogP contribution in [0.15, 0.2) is 42.5 Å². The highest BCUT2D eigenvalue weighted by Gasteiger charge is 2.49. The van der Waals surface area contributed by atoms with Crippen LogP contribution in [0.3, 0.4) is 0 Å². The Labute approximate surface area is 258 Å². The lowest BCUT2D eigenvalue weighted by Gasteiger charge is -2.30. The van der Waals surface area contributed by atoms with E-state index in [0.717, 1.165) is 36.8 Å². The molecule has 0 N–H and O–H groups in total. The van der Waals surface area contributed by atoms with Crippen LogP contribution >= 0.6 is 0 Å². The van der Waals surface area contributed by atoms with Crippen molar-refractivity contribution in [2.24, 2.45) is 5.92 Å². The third-order valence-electron chi connectivity index (χ3n) is 8.14. The van der Waals surface area contributed by atoms with E-state index >= 15 is 0 Å². The maximum atomic E-state index is 13.9. The number of nitrogens with zero attached hydrogens (tertiary/aromatic N) is 3. The standard InChI is InChI=1S/C32H43N3O9/c1-4-6-15-33(16-7-5-2)29(36)21-34-20-26(24-11-14-27-28(19-24)43-22-42-27)30(32(37)41-17-8-18-44-35(38)39)31(34)23-9-12-25(40-3)13-10-23/h9-14,19,26,30-31H,4-8,15-18,20-22H2,1-3H3/t26-,30-,31+/m1/s1. The van der Waals surface area contributed by atoms with E-state index in [0.29, 0.717) is 36.9 Å². The first-order valence-corrected chi connectivity index (χ1v) is 15.4. The number of rotatable bonds is 17. The third kappa shape index (κ3) is 8.31. The van der Waals surface area contributed by atoms with Gasteiger partial charge in [-0.15, -0.1) is 10.1 Å². The van der Waals surface area contributed by atoms with Gasteiger partial charge in [-0.05, 0) is 48.2 Å². The number of likely N-dealkylation sites (tertiary alicyclic amines) is 1. The molecule has 0 aliphatic carbocycles. The van der Waals surface area contributed by atoms with Gasteiger partial charge in [-0.3, -0.25) is 14.5 Å². The maximum absolute atomic E-state index is 13.9. The van der Waals surface area contributed by atoms with Crippen LogP contribution in [0.1, 0.15) is 69.0 Å². The molecule has 3 atom stereocenters. The fourth-order valence-electron chi connectivity index (χ4n) is 5.86. The number of hydrogen-bond acceptors (Lipinski definition) is 10. The predicted octanol–water partition coefficient (Wildman–Crippen LogP) is 4.75. The number of esters is 1. The molecule has 44 heavy (non-hydrogen) atoms. The van der Waals surface area contributed by atoms with E-state index in [1.807, 2.05) is 47.4 Å². The molecule has 1 amide bonds. The molecule has 12 heteroatoms. The summed E-state index contributed by atoms with van der Waals surface area (Å²) in [5, 5.41) is 9.66. The molecular formula is C32H43N3O9. The number of carbonyl (C=O) groups excluding carboxylic acids is 2. The summed E-state index contributed by atoms with van der Waals surface area (Å²) in [4.78, 5) is 46.6. The summed E-state index contributed by atoms with van der Waals surface area (Å²) in [5.41, 5.74) is 1.73. The normalized spacial score (nSPS) is 19.0. The van der Waals surface area contributed by atoms with E-state index in [2.05, 4.69) is 23.6 Å². The Morgan fingerprint density at radius 1 is 0.977 bits per heavy atom. The highest BCUT2D eigenvalue weighted by Crippen LogP contribution is 2.48. The summed E-state index contributed by atoms with van der Waals surface area (Å²) in [6, 6.07) is 12.7. The van der Waals surface area contributed by atoms with E-state index in [9.17, 15) is 19.7 Å². The molecule has 0 spiro atoms. The molecule has 0 saturated carbocycles. The van der Waals surface area contributed by atoms with Gasteiger partial charge < -0.3 is 28.7 Å². The summed E-state index contributed by atoms with van der Waals surface area (Å²) in [6.45, 7) is 6.10. The molecule has 12 nitrogen and oxygen atoms in total. The number of fused-ring (bicyclic) bond motifs is 1. The fourth-order valence-corrected chi connectivity index (χ4v) is 5.86. The number of amides is 1. The van der Waals surface area contributed by atoms with Gasteiger partial charge in [-0.2, -0.15) is 0 Å². The quantitative estimate of drug-likeness (QED) is 0.107. The highest BCUT2D eigenvalue weighted by molar-refractivity contribution is 5.80. The summed E-state index contributed by atoms with van der Waals surface area (Å²) < 4.78 is 22.2. The van der Waals surface area contributed by atoms with Crippen LogP contribution in [-0.2, 0) is 19.2 Å². The number of ether oxygens (including phenoxy) is 4. The Hall–Kier alpha value is -4.06. The van der Waals surface area contributed by atoms with Crippen molar-refractivity contribution in [3.63, 3.8) is 0 Å². The van der Waals surface area contributed by atoms with Crippen molar-refractivity contribution in [3.05, 3.63) is 63.7 Å². The lowest BCUT2D eigenvalue weighted by molar-refractivity contribution is -0.757. The van der Waals surface area contributed by atoms with E-state index < -0.39 is 23.0 Å². The van der Waals surface area contributed by atoms with Crippen molar-refractivity contribution in [1.82, 2.24) is 9.80 Å². The molecule has 2 heterocycles. The van der Waals surface area contributed by atoms with Crippen molar-refractivity contribution in [2.45, 2.75) is 57.9 Å². The molecular weight excluding hydrogens is 570 g/mol. The van der Waals surface area contributed by atoms with Gasteiger partial charge in [0.15, 0.2) is 11.5 Å². The minimum atomic E-state index is -0.868. The molecule has 2 aromatic carbocycles. The second-order valence-electron chi connectivity index (χ2n) is 11.1. The van der Waals surface area contributed by atoms with E-state index in [1.54, 1.807) is 7.11 Å². The molecule has 2 aliphatic rings. The van der Waals surface area contributed by atoms with Crippen LogP contribution in [0.2, 0.25) is 0 Å². The number of unbranched alkanes of at least 4 members (excludes halogenated alkanes) is 2. The van der Waals surface area contributed by atoms with Crippen molar-refractivity contribution in [3.8, 4) is 17.2 Å². The highest BCUT2D eigenvalue weighted by atomic mass is 16.9. The smallest absolute Gasteiger partial charge is 0.311 e. The molecule has 0 unspecified atom stereocenters. The van der Waals surface area contributed by atoms with E-state index in [-0.39, 0.29) is 44.8 Å². The molecule has 0 bridgehead atoms. The number of benzene rings is 2. The lowest BCUT2D eigenvalue weighted by atomic mass is 9.82. The largest absolute Gasteiger partial charge is 0.497 e. The van der Waals surface area contributed by atoms with Crippen molar-refractivity contribution in [2.75, 3.05) is 53.3 Å². The number of hydrogen-bond donors (Lipinski definition) is 0. The monoisotopic (exact) mass is 613 g/mol. The van der Waals surface area contributed by atoms with Crippen LogP contribution in [-0.4, -0.2) is 80.1 Å². The second-order valence-corrected chi connectivity index (χ2v) is 11.1. The molecule has 4 rings (SSSR count). The van der Waals surface area contributed by atoms with Gasteiger partial charge in [-0.25, -0.2) is 0 Å². The van der Waals surface area contributed by atoms with Gasteiger partial charge in [0.1, 0.15) is 5.75 Å². The van der Waals surface area contributed by atoms with Gasteiger partial charge >= 0.3 is 5.97 Å². The molecule has 2 aliphatic heterocycles. The average Bonchev–Trinajstić information content (AvgIpc) is 3.65. The van der Waals surface area contributed by atoms with Crippen LogP contribution < -0.4 is 14.2 Å². The fraction of sp³-hybridized carbons (Fsp3) is 0.562. The van der Waals surface area contributed by atoms with Gasteiger partial charge in [0.2, 0.25) is 12.7 Å². The van der Waals surface area contributed by atoms with Gasteiger partial charge in [0.05, 0.1) is 32.8 Å². The zero-order valence-corrected chi connectivity index (χ0v) is 25.8. The first-order valence-electron chi connectivity index (χ1n) is 15.4. The summed E-state index contributed by atoms with van der Waals surface area (Å²) in [6.07, 6.45) is 3.99. The van der Waals surface area contributed by atoms with E-state index in [4.69, 9.17) is 18.9 Å². The molecule has 2 aromatic rings. The first-order chi connectivity index (χ1) is 21.4. The Bertz CT molecular complexity index is 1250. The molecule has 240 valence electrons. The summed E-state index contributed by atoms with van der Waals surface area (Å²) in [5.74, 6) is 0.501. The maximum Gasteiger partial charge on any atom is 0.311 e. The predicted molar refractivity (Wildman–Crippen MR) is 161 cm³/mol. The van der Waals surface area contributed by atoms with E-state index in [1.165, 1.54) is 0 Å². The van der Waals surface area contributed by atoms with Crippen LogP contribution in [0.5, 0.6) is 17.2 Å². The van der Waals surface area contributed by atoms with Gasteiger partial charge in [-0.1, -0.05) is 44.9 Å². The Morgan fingerprint density at radius 2 is 1.66 bits per heavy atom. The Kier molecular flexibility index (Phi) is 12.0. The minimum absolute atomic E-state index is 0.0285. The number of methoxy groups -OCH3 is 1. The SMILES string of the molecule is CCCCN(CCCC)C(=O)CN1C[C@H](c2ccc3c(c2)OCO3)[C@@H](C(=O)OCCCO[N+](=O)[O-])[C@@H]1c1ccc(OC)cc1. The molecule has 0 aromatic heterocycles. The third-order valence-corrected chi connectivity index (χ3v) is 8.14.